The number of fused-ring (bicyclic) bond motifs is 1. The van der Waals surface area contributed by atoms with Gasteiger partial charge in [-0.1, -0.05) is 48.5 Å². The predicted octanol–water partition coefficient (Wildman–Crippen LogP) is 5.70. The van der Waals surface area contributed by atoms with Gasteiger partial charge < -0.3 is 14.4 Å². The first-order chi connectivity index (χ1) is 16.2. The van der Waals surface area contributed by atoms with E-state index in [2.05, 4.69) is 40.0 Å². The Morgan fingerprint density at radius 2 is 1.88 bits per heavy atom. The van der Waals surface area contributed by atoms with Crippen molar-refractivity contribution in [3.05, 3.63) is 102 Å². The number of aromatic nitrogens is 1. The first-order valence-corrected chi connectivity index (χ1v) is 11.8. The number of likely N-dealkylation sites (tertiary alicyclic amines) is 1. The minimum atomic E-state index is 0.0510. The van der Waals surface area contributed by atoms with Crippen LogP contribution in [0.15, 0.2) is 90.0 Å². The lowest BCUT2D eigenvalue weighted by Crippen LogP contribution is -2.54. The lowest BCUT2D eigenvalue weighted by atomic mass is 10.1. The van der Waals surface area contributed by atoms with E-state index in [9.17, 15) is 4.79 Å². The number of para-hydroxylation sites is 1. The Kier molecular flexibility index (Phi) is 6.28. The van der Waals surface area contributed by atoms with E-state index in [4.69, 9.17) is 4.74 Å². The van der Waals surface area contributed by atoms with Gasteiger partial charge in [-0.2, -0.15) is 0 Å². The van der Waals surface area contributed by atoms with Crippen molar-refractivity contribution >= 4 is 34.4 Å². The summed E-state index contributed by atoms with van der Waals surface area (Å²) in [6.07, 6.45) is 1.91. The molecule has 0 aliphatic carbocycles. The molecule has 1 saturated heterocycles. The van der Waals surface area contributed by atoms with E-state index in [0.717, 1.165) is 32.6 Å². The summed E-state index contributed by atoms with van der Waals surface area (Å²) in [5, 5.41) is 1.11. The smallest absolute Gasteiger partial charge is 0.254 e. The SMILES string of the molecule is Cc1cc(C(=O)N2CC(OCc3ccccc3)C2)ccc1NSc1cccc2cccnc12. The minimum absolute atomic E-state index is 0.0510. The zero-order valence-electron chi connectivity index (χ0n) is 18.4. The summed E-state index contributed by atoms with van der Waals surface area (Å²) in [5.41, 5.74) is 4.84. The van der Waals surface area contributed by atoms with Crippen LogP contribution in [0.25, 0.3) is 10.9 Å². The van der Waals surface area contributed by atoms with E-state index in [0.29, 0.717) is 25.3 Å². The van der Waals surface area contributed by atoms with Crippen molar-refractivity contribution < 1.29 is 9.53 Å². The third-order valence-electron chi connectivity index (χ3n) is 5.80. The van der Waals surface area contributed by atoms with E-state index in [1.54, 1.807) is 0 Å². The van der Waals surface area contributed by atoms with Crippen LogP contribution >= 0.6 is 11.9 Å². The van der Waals surface area contributed by atoms with Gasteiger partial charge >= 0.3 is 0 Å². The van der Waals surface area contributed by atoms with Crippen LogP contribution in [0.2, 0.25) is 0 Å². The summed E-state index contributed by atoms with van der Waals surface area (Å²) in [5.74, 6) is 0.0510. The van der Waals surface area contributed by atoms with Crippen molar-refractivity contribution in [1.29, 1.82) is 0 Å². The molecule has 0 radical (unpaired) electrons. The zero-order chi connectivity index (χ0) is 22.6. The molecular weight excluding hydrogens is 430 g/mol. The van der Waals surface area contributed by atoms with Crippen LogP contribution in [-0.2, 0) is 11.3 Å². The molecule has 166 valence electrons. The molecule has 1 amide bonds. The van der Waals surface area contributed by atoms with Crippen molar-refractivity contribution in [2.45, 2.75) is 24.5 Å². The molecule has 6 heteroatoms. The monoisotopic (exact) mass is 455 g/mol. The van der Waals surface area contributed by atoms with Crippen LogP contribution < -0.4 is 4.72 Å². The Morgan fingerprint density at radius 1 is 1.06 bits per heavy atom. The number of nitrogens with zero attached hydrogens (tertiary/aromatic N) is 2. The number of rotatable bonds is 7. The molecule has 0 saturated carbocycles. The van der Waals surface area contributed by atoms with Crippen molar-refractivity contribution in [2.24, 2.45) is 0 Å². The van der Waals surface area contributed by atoms with Crippen LogP contribution in [-0.4, -0.2) is 35.0 Å². The van der Waals surface area contributed by atoms with Crippen LogP contribution in [0.4, 0.5) is 5.69 Å². The third kappa shape index (κ3) is 4.87. The second-order valence-corrected chi connectivity index (χ2v) is 9.04. The second kappa shape index (κ2) is 9.65. The summed E-state index contributed by atoms with van der Waals surface area (Å²) < 4.78 is 9.33. The molecule has 0 spiro atoms. The molecule has 5 rings (SSSR count). The molecule has 1 aliphatic heterocycles. The second-order valence-electron chi connectivity index (χ2n) is 8.19. The fourth-order valence-corrected chi connectivity index (χ4v) is 4.72. The number of ether oxygens (including phenoxy) is 1. The Labute approximate surface area is 197 Å². The van der Waals surface area contributed by atoms with E-state index in [1.165, 1.54) is 11.9 Å². The Bertz CT molecular complexity index is 1270. The average molecular weight is 456 g/mol. The standard InChI is InChI=1S/C27H25N3O2S/c1-19-15-22(27(31)30-16-23(17-30)32-18-20-7-3-2-4-8-20)12-13-24(19)29-33-25-11-5-9-21-10-6-14-28-26(21)25/h2-15,23,29H,16-18H2,1H3. The summed E-state index contributed by atoms with van der Waals surface area (Å²) in [7, 11) is 0. The Hall–Kier alpha value is -3.35. The van der Waals surface area contributed by atoms with Gasteiger partial charge in [-0.05, 0) is 60.3 Å². The highest BCUT2D eigenvalue weighted by Gasteiger charge is 2.32. The van der Waals surface area contributed by atoms with Gasteiger partial charge in [0.2, 0.25) is 0 Å². The van der Waals surface area contributed by atoms with Crippen LogP contribution in [0.5, 0.6) is 0 Å². The van der Waals surface area contributed by atoms with E-state index in [1.807, 2.05) is 66.6 Å². The molecule has 0 atom stereocenters. The molecule has 5 nitrogen and oxygen atoms in total. The fraction of sp³-hybridized carbons (Fsp3) is 0.185. The maximum atomic E-state index is 12.9. The summed E-state index contributed by atoms with van der Waals surface area (Å²) >= 11 is 1.53. The lowest BCUT2D eigenvalue weighted by Gasteiger charge is -2.39. The highest BCUT2D eigenvalue weighted by molar-refractivity contribution is 8.00. The molecule has 0 bridgehead atoms. The molecule has 3 aromatic carbocycles. The lowest BCUT2D eigenvalue weighted by molar-refractivity contribution is -0.0503. The predicted molar refractivity (Wildman–Crippen MR) is 133 cm³/mol. The zero-order valence-corrected chi connectivity index (χ0v) is 19.2. The maximum Gasteiger partial charge on any atom is 0.254 e. The van der Waals surface area contributed by atoms with Crippen molar-refractivity contribution in [1.82, 2.24) is 9.88 Å². The topological polar surface area (TPSA) is 54.5 Å². The number of benzene rings is 3. The molecule has 2 heterocycles. The van der Waals surface area contributed by atoms with Crippen LogP contribution in [0, 0.1) is 6.92 Å². The molecule has 1 aliphatic rings. The largest absolute Gasteiger partial charge is 0.370 e. The van der Waals surface area contributed by atoms with Crippen molar-refractivity contribution in [2.75, 3.05) is 17.8 Å². The van der Waals surface area contributed by atoms with Gasteiger partial charge in [0.1, 0.15) is 0 Å². The Morgan fingerprint density at radius 3 is 2.70 bits per heavy atom. The average Bonchev–Trinajstić information content (AvgIpc) is 2.82. The third-order valence-corrected chi connectivity index (χ3v) is 6.68. The Balaban J connectivity index is 1.16. The van der Waals surface area contributed by atoms with Gasteiger partial charge in [-0.15, -0.1) is 0 Å². The summed E-state index contributed by atoms with van der Waals surface area (Å²) in [6, 6.07) is 26.1. The fourth-order valence-electron chi connectivity index (χ4n) is 3.86. The highest BCUT2D eigenvalue weighted by Crippen LogP contribution is 2.29. The molecule has 1 aromatic heterocycles. The summed E-state index contributed by atoms with van der Waals surface area (Å²) in [4.78, 5) is 20.3. The molecular formula is C27H25N3O2S. The first-order valence-electron chi connectivity index (χ1n) is 11.0. The van der Waals surface area contributed by atoms with Gasteiger partial charge in [0.05, 0.1) is 23.1 Å². The maximum absolute atomic E-state index is 12.9. The number of hydrogen-bond donors (Lipinski definition) is 1. The van der Waals surface area contributed by atoms with Gasteiger partial charge in [-0.3, -0.25) is 9.78 Å². The van der Waals surface area contributed by atoms with Gasteiger partial charge in [-0.25, -0.2) is 0 Å². The van der Waals surface area contributed by atoms with Crippen molar-refractivity contribution in [3.8, 4) is 0 Å². The summed E-state index contributed by atoms with van der Waals surface area (Å²) in [6.45, 7) is 3.86. The molecule has 33 heavy (non-hydrogen) atoms. The van der Waals surface area contributed by atoms with E-state index < -0.39 is 0 Å². The number of carbonyl (C=O) groups is 1. The van der Waals surface area contributed by atoms with Crippen LogP contribution in [0.1, 0.15) is 21.5 Å². The van der Waals surface area contributed by atoms with Crippen LogP contribution in [0.3, 0.4) is 0 Å². The number of carbonyl (C=O) groups excluding carboxylic acids is 1. The van der Waals surface area contributed by atoms with E-state index >= 15 is 0 Å². The van der Waals surface area contributed by atoms with Gasteiger partial charge in [0.25, 0.3) is 5.91 Å². The minimum Gasteiger partial charge on any atom is -0.370 e. The number of hydrogen-bond acceptors (Lipinski definition) is 5. The van der Waals surface area contributed by atoms with Gasteiger partial charge in [0, 0.05) is 35.9 Å². The molecule has 1 N–H and O–H groups in total. The van der Waals surface area contributed by atoms with Gasteiger partial charge in [0.15, 0.2) is 0 Å². The quantitative estimate of drug-likeness (QED) is 0.362. The molecule has 1 fully saturated rings. The number of amides is 1. The number of nitrogens with one attached hydrogen (secondary N) is 1. The normalized spacial score (nSPS) is 13.7. The van der Waals surface area contributed by atoms with E-state index in [-0.39, 0.29) is 12.0 Å². The number of anilines is 1. The number of aryl methyl sites for hydroxylation is 1. The van der Waals surface area contributed by atoms with Crippen molar-refractivity contribution in [3.63, 3.8) is 0 Å². The highest BCUT2D eigenvalue weighted by atomic mass is 32.2. The first kappa shape index (κ1) is 21.5. The molecule has 0 unspecified atom stereocenters. The molecule has 4 aromatic rings. The number of pyridine rings is 1.